The first-order valence-corrected chi connectivity index (χ1v) is 15.2. The van der Waals surface area contributed by atoms with Gasteiger partial charge in [-0.1, -0.05) is 0 Å². The number of carbonyl (C=O) groups is 3. The van der Waals surface area contributed by atoms with E-state index in [1.165, 1.54) is 4.90 Å². The van der Waals surface area contributed by atoms with Crippen molar-refractivity contribution < 1.29 is 43.8 Å². The van der Waals surface area contributed by atoms with Crippen LogP contribution >= 0.6 is 0 Å². The molecule has 1 aromatic carbocycles. The predicted molar refractivity (Wildman–Crippen MR) is 169 cm³/mol. The van der Waals surface area contributed by atoms with Gasteiger partial charge in [0.2, 0.25) is 5.78 Å². The van der Waals surface area contributed by atoms with E-state index in [2.05, 4.69) is 22.7 Å². The molecule has 2 aromatic rings. The number of aliphatic hydroxyl groups is 3. The fourth-order valence-corrected chi connectivity index (χ4v) is 7.57. The lowest BCUT2D eigenvalue weighted by Gasteiger charge is -2.50. The number of likely N-dealkylation sites (N-methyl/N-ethyl adjacent to an activating group) is 2. The summed E-state index contributed by atoms with van der Waals surface area (Å²) in [5, 5.41) is 46.4. The van der Waals surface area contributed by atoms with Crippen LogP contribution in [0, 0.1) is 11.8 Å². The van der Waals surface area contributed by atoms with Crippen molar-refractivity contribution in [3.05, 3.63) is 52.0 Å². The van der Waals surface area contributed by atoms with Gasteiger partial charge in [0.25, 0.3) is 5.91 Å². The van der Waals surface area contributed by atoms with E-state index in [1.54, 1.807) is 26.2 Å². The minimum atomic E-state index is -2.70. The molecule has 0 bridgehead atoms. The Kier molecular flexibility index (Phi) is 7.61. The van der Waals surface area contributed by atoms with E-state index in [9.17, 15) is 34.8 Å². The third kappa shape index (κ3) is 4.64. The van der Waals surface area contributed by atoms with Gasteiger partial charge in [0.1, 0.15) is 28.6 Å². The SMILES string of the molecule is CN1CC=[N+](Cc2ccc(-c3cc(N(C)C)c4c(c3O)C(O)=C3C(=O)[C@]5(O)C(O)=C(C(N)=O)C(=O)[C@@H](N(C)C)[C@@H]5C[C@@H]3C4)o2)CC1. The Balaban J connectivity index is 1.48. The molecule has 13 nitrogen and oxygen atoms in total. The van der Waals surface area contributed by atoms with Crippen molar-refractivity contribution in [1.82, 2.24) is 9.80 Å². The second-order valence-corrected chi connectivity index (χ2v) is 13.2. The molecule has 46 heavy (non-hydrogen) atoms. The molecule has 4 aliphatic rings. The minimum absolute atomic E-state index is 0.0165. The number of aliphatic hydroxyl groups excluding tert-OH is 2. The van der Waals surface area contributed by atoms with Gasteiger partial charge in [-0.25, -0.2) is 4.58 Å². The zero-order chi connectivity index (χ0) is 33.4. The molecule has 1 fully saturated rings. The number of furan rings is 1. The van der Waals surface area contributed by atoms with Gasteiger partial charge < -0.3 is 35.5 Å². The first-order valence-electron chi connectivity index (χ1n) is 15.2. The largest absolute Gasteiger partial charge is 0.508 e. The Labute approximate surface area is 266 Å². The number of anilines is 1. The average Bonchev–Trinajstić information content (AvgIpc) is 3.44. The minimum Gasteiger partial charge on any atom is -0.508 e. The molecule has 2 heterocycles. The number of Topliss-reactive ketones (excluding diaryl/α,β-unsaturated/α-hetero) is 2. The van der Waals surface area contributed by atoms with Crippen LogP contribution in [-0.2, 0) is 27.3 Å². The fourth-order valence-electron chi connectivity index (χ4n) is 7.57. The zero-order valence-electron chi connectivity index (χ0n) is 26.6. The normalized spacial score (nSPS) is 26.6. The van der Waals surface area contributed by atoms with Gasteiger partial charge in [0, 0.05) is 31.3 Å². The molecule has 244 valence electrons. The standard InChI is InChI=1S/C33H39N5O8/c1-35(2)21-14-19(22-7-6-17(46-22)15-38-10-8-37(5)9-11-38)27(39)24-18(21)12-16-13-20-26(36(3)4)29(41)25(32(34)44)31(43)33(20,45)30(42)23(16)28(24)40/h6-7,10,14,16,20,26,45H,8-9,11-13,15H2,1-5H3,(H4-,34,39,40,41,42,43,44)/p+1/t16-,20-,26-,33-/m0/s1. The molecule has 0 unspecified atom stereocenters. The van der Waals surface area contributed by atoms with Gasteiger partial charge >= 0.3 is 0 Å². The number of primary amides is 1. The number of nitrogens with zero attached hydrogens (tertiary/aromatic N) is 4. The maximum absolute atomic E-state index is 14.2. The lowest BCUT2D eigenvalue weighted by Crippen LogP contribution is -2.65. The predicted octanol–water partition coefficient (Wildman–Crippen LogP) is 0.819. The summed E-state index contributed by atoms with van der Waals surface area (Å²) >= 11 is 0. The average molecular weight is 635 g/mol. The third-order valence-electron chi connectivity index (χ3n) is 9.89. The summed E-state index contributed by atoms with van der Waals surface area (Å²) in [4.78, 5) is 45.3. The number of rotatable bonds is 6. The first kappa shape index (κ1) is 31.5. The highest BCUT2D eigenvalue weighted by Gasteiger charge is 2.64. The summed E-state index contributed by atoms with van der Waals surface area (Å²) in [6, 6.07) is 4.22. The maximum Gasteiger partial charge on any atom is 0.255 e. The number of carbonyl (C=O) groups excluding carboxylic acids is 3. The molecule has 1 aliphatic heterocycles. The summed E-state index contributed by atoms with van der Waals surface area (Å²) in [5.41, 5.74) is 3.26. The zero-order valence-corrected chi connectivity index (χ0v) is 26.6. The molecule has 13 heteroatoms. The van der Waals surface area contributed by atoms with E-state index in [4.69, 9.17) is 10.2 Å². The summed E-state index contributed by atoms with van der Waals surface area (Å²) in [5.74, 6) is -5.82. The number of phenolic OH excluding ortho intramolecular Hbond substituents is 1. The topological polar surface area (TPSA) is 184 Å². The van der Waals surface area contributed by atoms with Gasteiger partial charge in [0.15, 0.2) is 36.4 Å². The van der Waals surface area contributed by atoms with Gasteiger partial charge in [-0.15, -0.1) is 0 Å². The highest BCUT2D eigenvalue weighted by Crippen LogP contribution is 2.55. The molecule has 1 aromatic heterocycles. The number of hydrogen-bond donors (Lipinski definition) is 5. The molecule has 6 rings (SSSR count). The number of nitrogens with two attached hydrogens (primary N) is 1. The van der Waals surface area contributed by atoms with E-state index in [1.807, 2.05) is 25.1 Å². The number of benzene rings is 1. The van der Waals surface area contributed by atoms with Crippen molar-refractivity contribution in [2.24, 2.45) is 17.6 Å². The molecular formula is C33H40N5O8+. The summed E-state index contributed by atoms with van der Waals surface area (Å²) in [6.45, 7) is 3.15. The van der Waals surface area contributed by atoms with Gasteiger partial charge in [-0.05, 0) is 63.7 Å². The highest BCUT2D eigenvalue weighted by molar-refractivity contribution is 6.24. The number of ketones is 2. The van der Waals surface area contributed by atoms with Crippen molar-refractivity contribution in [1.29, 1.82) is 0 Å². The van der Waals surface area contributed by atoms with Crippen molar-refractivity contribution in [2.75, 3.05) is 59.8 Å². The quantitative estimate of drug-likeness (QED) is 0.224. The maximum atomic E-state index is 14.2. The fraction of sp³-hybridized carbons (Fsp3) is 0.455. The Morgan fingerprint density at radius 2 is 1.89 bits per heavy atom. The lowest BCUT2D eigenvalue weighted by molar-refractivity contribution is -0.547. The second-order valence-electron chi connectivity index (χ2n) is 13.2. The van der Waals surface area contributed by atoms with Gasteiger partial charge in [-0.3, -0.25) is 24.2 Å². The van der Waals surface area contributed by atoms with Crippen LogP contribution in [0.3, 0.4) is 0 Å². The van der Waals surface area contributed by atoms with Crippen LogP contribution in [0.4, 0.5) is 5.69 Å². The van der Waals surface area contributed by atoms with E-state index in [0.717, 1.165) is 19.6 Å². The number of phenols is 1. The molecule has 1 saturated carbocycles. The summed E-state index contributed by atoms with van der Waals surface area (Å²) in [7, 11) is 8.84. The molecule has 0 radical (unpaired) electrons. The Morgan fingerprint density at radius 3 is 2.50 bits per heavy atom. The Morgan fingerprint density at radius 1 is 1.17 bits per heavy atom. The van der Waals surface area contributed by atoms with Crippen molar-refractivity contribution in [3.8, 4) is 17.1 Å². The van der Waals surface area contributed by atoms with Crippen LogP contribution in [0.2, 0.25) is 0 Å². The molecule has 0 saturated heterocycles. The molecule has 1 amide bonds. The van der Waals surface area contributed by atoms with Crippen LogP contribution in [0.1, 0.15) is 23.3 Å². The van der Waals surface area contributed by atoms with E-state index < -0.39 is 58.0 Å². The van der Waals surface area contributed by atoms with E-state index in [0.29, 0.717) is 34.9 Å². The third-order valence-corrected chi connectivity index (χ3v) is 9.89. The van der Waals surface area contributed by atoms with Crippen LogP contribution in [0.25, 0.3) is 17.1 Å². The number of aromatic hydroxyl groups is 1. The van der Waals surface area contributed by atoms with Crippen LogP contribution in [0.15, 0.2) is 39.5 Å². The van der Waals surface area contributed by atoms with Crippen LogP contribution in [0.5, 0.6) is 5.75 Å². The second kappa shape index (κ2) is 11.1. The Bertz CT molecular complexity index is 1770. The monoisotopic (exact) mass is 634 g/mol. The highest BCUT2D eigenvalue weighted by atomic mass is 16.4. The number of hydrogen-bond acceptors (Lipinski definition) is 11. The number of fused-ring (bicyclic) bond motifs is 3. The smallest absolute Gasteiger partial charge is 0.255 e. The van der Waals surface area contributed by atoms with Crippen molar-refractivity contribution >= 4 is 35.1 Å². The van der Waals surface area contributed by atoms with E-state index in [-0.39, 0.29) is 29.7 Å². The van der Waals surface area contributed by atoms with Crippen molar-refractivity contribution in [2.45, 2.75) is 31.0 Å². The molecule has 4 atom stereocenters. The summed E-state index contributed by atoms with van der Waals surface area (Å²) in [6.07, 6.45) is 2.32. The van der Waals surface area contributed by atoms with Crippen LogP contribution in [-0.4, -0.2) is 125 Å². The van der Waals surface area contributed by atoms with Gasteiger partial charge in [-0.2, -0.15) is 0 Å². The molecular weight excluding hydrogens is 594 g/mol. The molecule has 0 spiro atoms. The van der Waals surface area contributed by atoms with Crippen LogP contribution < -0.4 is 10.6 Å². The van der Waals surface area contributed by atoms with E-state index >= 15 is 0 Å². The lowest BCUT2D eigenvalue weighted by atomic mass is 9.57. The van der Waals surface area contributed by atoms with Gasteiger partial charge in [0.05, 0.1) is 30.3 Å². The first-order chi connectivity index (χ1) is 21.7. The van der Waals surface area contributed by atoms with Crippen molar-refractivity contribution in [3.63, 3.8) is 0 Å². The Hall–Kier alpha value is -4.46. The summed E-state index contributed by atoms with van der Waals surface area (Å²) < 4.78 is 8.33. The number of amides is 1. The molecule has 3 aliphatic carbocycles. The molecule has 6 N–H and O–H groups in total.